The van der Waals surface area contributed by atoms with E-state index in [-0.39, 0.29) is 12.5 Å². The first-order chi connectivity index (χ1) is 14.5. The Morgan fingerprint density at radius 1 is 1.03 bits per heavy atom. The van der Waals surface area contributed by atoms with Crippen molar-refractivity contribution in [3.8, 4) is 11.5 Å². The fourth-order valence-corrected chi connectivity index (χ4v) is 3.83. The molecule has 1 aromatic heterocycles. The third-order valence-corrected chi connectivity index (χ3v) is 5.52. The van der Waals surface area contributed by atoms with Crippen molar-refractivity contribution in [3.05, 3.63) is 59.7 Å². The number of anilines is 1. The minimum atomic E-state index is 0.0143. The highest BCUT2D eigenvalue weighted by atomic mass is 16.5. The van der Waals surface area contributed by atoms with Gasteiger partial charge >= 0.3 is 0 Å². The predicted octanol–water partition coefficient (Wildman–Crippen LogP) is 3.59. The largest absolute Gasteiger partial charge is 0.494 e. The lowest BCUT2D eigenvalue weighted by molar-refractivity contribution is -0.133. The number of hydrogen-bond donors (Lipinski definition) is 0. The molecule has 1 saturated heterocycles. The number of aryl methyl sites for hydroxylation is 2. The summed E-state index contributed by atoms with van der Waals surface area (Å²) in [7, 11) is 1.67. The molecule has 6 nitrogen and oxygen atoms in total. The van der Waals surface area contributed by atoms with Crippen molar-refractivity contribution in [2.24, 2.45) is 0 Å². The van der Waals surface area contributed by atoms with Crippen LogP contribution in [0.25, 0.3) is 10.9 Å². The predicted molar refractivity (Wildman–Crippen MR) is 118 cm³/mol. The lowest BCUT2D eigenvalue weighted by Crippen LogP contribution is -2.50. The zero-order valence-electron chi connectivity index (χ0n) is 17.7. The van der Waals surface area contributed by atoms with Crippen LogP contribution in [0, 0.1) is 13.8 Å². The normalized spacial score (nSPS) is 14.1. The summed E-state index contributed by atoms with van der Waals surface area (Å²) in [5.74, 6) is 2.44. The Morgan fingerprint density at radius 3 is 2.53 bits per heavy atom. The number of hydrogen-bond acceptors (Lipinski definition) is 5. The molecule has 0 N–H and O–H groups in total. The van der Waals surface area contributed by atoms with E-state index in [0.29, 0.717) is 13.1 Å². The van der Waals surface area contributed by atoms with Gasteiger partial charge < -0.3 is 19.3 Å². The number of piperazine rings is 1. The summed E-state index contributed by atoms with van der Waals surface area (Å²) in [6.45, 7) is 6.95. The van der Waals surface area contributed by atoms with E-state index in [1.54, 1.807) is 7.11 Å². The Bertz CT molecular complexity index is 1060. The number of benzene rings is 2. The Morgan fingerprint density at radius 2 is 1.80 bits per heavy atom. The number of carbonyl (C=O) groups excluding carboxylic acids is 1. The van der Waals surface area contributed by atoms with E-state index in [1.165, 1.54) is 5.56 Å². The minimum Gasteiger partial charge on any atom is -0.494 e. The van der Waals surface area contributed by atoms with E-state index < -0.39 is 0 Å². The molecule has 1 aliphatic rings. The van der Waals surface area contributed by atoms with Gasteiger partial charge in [0.05, 0.1) is 7.11 Å². The summed E-state index contributed by atoms with van der Waals surface area (Å²) in [5, 5.41) is 1.10. The number of nitrogens with zero attached hydrogens (tertiary/aromatic N) is 3. The number of ether oxygens (including phenoxy) is 2. The molecule has 2 heterocycles. The highest BCUT2D eigenvalue weighted by Gasteiger charge is 2.23. The Kier molecular flexibility index (Phi) is 5.74. The van der Waals surface area contributed by atoms with Crippen molar-refractivity contribution in [1.82, 2.24) is 9.88 Å². The molecule has 3 aromatic rings. The van der Waals surface area contributed by atoms with Crippen LogP contribution >= 0.6 is 0 Å². The minimum absolute atomic E-state index is 0.0143. The van der Waals surface area contributed by atoms with Crippen molar-refractivity contribution in [1.29, 1.82) is 0 Å². The number of amides is 1. The van der Waals surface area contributed by atoms with Crippen molar-refractivity contribution >= 4 is 22.6 Å². The Labute approximate surface area is 177 Å². The summed E-state index contributed by atoms with van der Waals surface area (Å²) in [5.41, 5.74) is 3.15. The number of methoxy groups -OCH3 is 1. The number of fused-ring (bicyclic) bond motifs is 1. The van der Waals surface area contributed by atoms with E-state index in [2.05, 4.69) is 24.0 Å². The molecule has 0 radical (unpaired) electrons. The van der Waals surface area contributed by atoms with Gasteiger partial charge in [0.15, 0.2) is 6.61 Å². The van der Waals surface area contributed by atoms with Crippen LogP contribution in [0.15, 0.2) is 48.5 Å². The second kappa shape index (κ2) is 8.61. The molecular formula is C24H27N3O3. The van der Waals surface area contributed by atoms with Crippen molar-refractivity contribution in [3.63, 3.8) is 0 Å². The van der Waals surface area contributed by atoms with Gasteiger partial charge in [0.1, 0.15) is 22.8 Å². The van der Waals surface area contributed by atoms with E-state index in [9.17, 15) is 4.79 Å². The number of aromatic nitrogens is 1. The number of rotatable bonds is 5. The molecule has 0 saturated carbocycles. The van der Waals surface area contributed by atoms with Gasteiger partial charge in [-0.1, -0.05) is 24.3 Å². The summed E-state index contributed by atoms with van der Waals surface area (Å²) in [6.07, 6.45) is 0. The van der Waals surface area contributed by atoms with Gasteiger partial charge in [0.2, 0.25) is 0 Å². The second-order valence-corrected chi connectivity index (χ2v) is 7.63. The number of carbonyl (C=O) groups is 1. The van der Waals surface area contributed by atoms with Crippen LogP contribution < -0.4 is 14.4 Å². The van der Waals surface area contributed by atoms with Gasteiger partial charge in [-0.2, -0.15) is 0 Å². The maximum Gasteiger partial charge on any atom is 0.260 e. The van der Waals surface area contributed by atoms with Crippen LogP contribution in [0.4, 0.5) is 5.82 Å². The van der Waals surface area contributed by atoms with Gasteiger partial charge in [-0.15, -0.1) is 0 Å². The highest BCUT2D eigenvalue weighted by Crippen LogP contribution is 2.29. The van der Waals surface area contributed by atoms with Crippen LogP contribution in [-0.2, 0) is 4.79 Å². The molecule has 1 aliphatic heterocycles. The van der Waals surface area contributed by atoms with E-state index in [0.717, 1.165) is 46.9 Å². The molecule has 0 unspecified atom stereocenters. The van der Waals surface area contributed by atoms with Crippen LogP contribution in [-0.4, -0.2) is 55.7 Å². The van der Waals surface area contributed by atoms with E-state index in [1.807, 2.05) is 48.2 Å². The maximum atomic E-state index is 12.6. The second-order valence-electron chi connectivity index (χ2n) is 7.63. The molecule has 30 heavy (non-hydrogen) atoms. The van der Waals surface area contributed by atoms with Gasteiger partial charge in [0.25, 0.3) is 5.91 Å². The third kappa shape index (κ3) is 4.17. The van der Waals surface area contributed by atoms with Crippen molar-refractivity contribution < 1.29 is 14.3 Å². The van der Waals surface area contributed by atoms with Crippen LogP contribution in [0.3, 0.4) is 0 Å². The van der Waals surface area contributed by atoms with Gasteiger partial charge in [-0.3, -0.25) is 4.79 Å². The van der Waals surface area contributed by atoms with Crippen LogP contribution in [0.1, 0.15) is 11.1 Å². The Hall–Kier alpha value is -3.28. The molecule has 1 fully saturated rings. The quantitative estimate of drug-likeness (QED) is 0.649. The summed E-state index contributed by atoms with van der Waals surface area (Å²) in [4.78, 5) is 21.5. The van der Waals surface area contributed by atoms with Gasteiger partial charge in [-0.05, 0) is 49.2 Å². The zero-order valence-corrected chi connectivity index (χ0v) is 17.7. The summed E-state index contributed by atoms with van der Waals surface area (Å²) >= 11 is 0. The molecule has 1 amide bonds. The van der Waals surface area contributed by atoms with Gasteiger partial charge in [0, 0.05) is 31.6 Å². The first-order valence-electron chi connectivity index (χ1n) is 10.2. The molecule has 0 atom stereocenters. The Balaban J connectivity index is 1.40. The molecule has 0 aliphatic carbocycles. The number of pyridine rings is 1. The third-order valence-electron chi connectivity index (χ3n) is 5.52. The van der Waals surface area contributed by atoms with Crippen LogP contribution in [0.5, 0.6) is 11.5 Å². The zero-order chi connectivity index (χ0) is 21.1. The average Bonchev–Trinajstić information content (AvgIpc) is 2.77. The monoisotopic (exact) mass is 405 g/mol. The molecule has 4 rings (SSSR count). The molecule has 0 bridgehead atoms. The lowest BCUT2D eigenvalue weighted by Gasteiger charge is -2.35. The van der Waals surface area contributed by atoms with Crippen molar-refractivity contribution in [2.45, 2.75) is 13.8 Å². The molecular weight excluding hydrogens is 378 g/mol. The van der Waals surface area contributed by atoms with Crippen molar-refractivity contribution in [2.75, 3.05) is 44.8 Å². The van der Waals surface area contributed by atoms with Crippen LogP contribution in [0.2, 0.25) is 0 Å². The number of para-hydroxylation sites is 1. The van der Waals surface area contributed by atoms with E-state index in [4.69, 9.17) is 14.5 Å². The topological polar surface area (TPSA) is 54.9 Å². The fourth-order valence-electron chi connectivity index (χ4n) is 3.83. The fraction of sp³-hybridized carbons (Fsp3) is 0.333. The molecule has 6 heteroatoms. The van der Waals surface area contributed by atoms with Gasteiger partial charge in [-0.25, -0.2) is 4.98 Å². The van der Waals surface area contributed by atoms with E-state index >= 15 is 0 Å². The smallest absolute Gasteiger partial charge is 0.260 e. The SMILES string of the molecule is COc1cccc2c(C)cc(N3CCN(C(=O)COc4cccc(C)c4)CC3)nc12. The molecule has 2 aromatic carbocycles. The average molecular weight is 405 g/mol. The maximum absolute atomic E-state index is 12.6. The molecule has 156 valence electrons. The lowest BCUT2D eigenvalue weighted by atomic mass is 10.1. The highest BCUT2D eigenvalue weighted by molar-refractivity contribution is 5.89. The molecule has 0 spiro atoms. The summed E-state index contributed by atoms with van der Waals surface area (Å²) in [6, 6.07) is 15.8. The first kappa shape index (κ1) is 20.0. The standard InChI is InChI=1S/C24H27N3O3/c1-17-6-4-7-19(14-17)30-16-23(28)27-12-10-26(11-13-27)22-15-18(2)20-8-5-9-21(29-3)24(20)25-22/h4-9,14-15H,10-13,16H2,1-3H3. The summed E-state index contributed by atoms with van der Waals surface area (Å²) < 4.78 is 11.2. The first-order valence-corrected chi connectivity index (χ1v) is 10.2.